The van der Waals surface area contributed by atoms with E-state index in [0.717, 1.165) is 27.5 Å². The summed E-state index contributed by atoms with van der Waals surface area (Å²) in [5, 5.41) is 11.3. The van der Waals surface area contributed by atoms with Crippen LogP contribution in [0.4, 0.5) is 0 Å². The SMILES string of the molecule is C=CCc1cc(C(=O)O)c2cc(CC=C)cc(CC=C)c2c1. The van der Waals surface area contributed by atoms with Gasteiger partial charge in [0.1, 0.15) is 0 Å². The fraction of sp³-hybridized carbons (Fsp3) is 0.150. The van der Waals surface area contributed by atoms with Crippen molar-refractivity contribution in [3.63, 3.8) is 0 Å². The van der Waals surface area contributed by atoms with Crippen molar-refractivity contribution in [1.29, 1.82) is 0 Å². The molecule has 0 fully saturated rings. The summed E-state index contributed by atoms with van der Waals surface area (Å²) < 4.78 is 0. The van der Waals surface area contributed by atoms with Gasteiger partial charge in [-0.1, -0.05) is 30.4 Å². The lowest BCUT2D eigenvalue weighted by atomic mass is 9.92. The molecule has 112 valence electrons. The zero-order valence-electron chi connectivity index (χ0n) is 12.6. The van der Waals surface area contributed by atoms with Crippen molar-refractivity contribution < 1.29 is 9.90 Å². The van der Waals surface area contributed by atoms with Crippen LogP contribution in [0.2, 0.25) is 0 Å². The first-order chi connectivity index (χ1) is 10.6. The summed E-state index contributed by atoms with van der Waals surface area (Å²) in [6.45, 7) is 11.3. The number of carboxylic acids is 1. The second-order valence-electron chi connectivity index (χ2n) is 5.28. The van der Waals surface area contributed by atoms with Crippen LogP contribution in [0.1, 0.15) is 27.0 Å². The highest BCUT2D eigenvalue weighted by molar-refractivity contribution is 6.05. The fourth-order valence-electron chi connectivity index (χ4n) is 2.73. The molecule has 0 bridgehead atoms. The molecule has 0 spiro atoms. The minimum atomic E-state index is -0.906. The first-order valence-corrected chi connectivity index (χ1v) is 7.25. The summed E-state index contributed by atoms with van der Waals surface area (Å²) in [5.74, 6) is -0.906. The maximum Gasteiger partial charge on any atom is 0.336 e. The van der Waals surface area contributed by atoms with E-state index < -0.39 is 5.97 Å². The molecule has 0 aromatic heterocycles. The number of rotatable bonds is 7. The van der Waals surface area contributed by atoms with E-state index in [4.69, 9.17) is 0 Å². The highest BCUT2D eigenvalue weighted by Gasteiger charge is 2.13. The Kier molecular flexibility index (Phi) is 4.95. The van der Waals surface area contributed by atoms with E-state index in [2.05, 4.69) is 31.9 Å². The number of aromatic carboxylic acids is 1. The molecular formula is C20H20O2. The predicted octanol–water partition coefficient (Wildman–Crippen LogP) is 4.72. The molecule has 0 amide bonds. The molecule has 2 heteroatoms. The third kappa shape index (κ3) is 3.17. The third-order valence-electron chi connectivity index (χ3n) is 3.63. The Labute approximate surface area is 131 Å². The van der Waals surface area contributed by atoms with Crippen molar-refractivity contribution in [2.75, 3.05) is 0 Å². The second-order valence-corrected chi connectivity index (χ2v) is 5.28. The van der Waals surface area contributed by atoms with Crippen molar-refractivity contribution >= 4 is 16.7 Å². The average Bonchev–Trinajstić information content (AvgIpc) is 2.48. The number of fused-ring (bicyclic) bond motifs is 1. The second kappa shape index (κ2) is 6.90. The summed E-state index contributed by atoms with van der Waals surface area (Å²) >= 11 is 0. The van der Waals surface area contributed by atoms with Crippen LogP contribution in [0.25, 0.3) is 10.8 Å². The number of benzene rings is 2. The van der Waals surface area contributed by atoms with E-state index in [1.807, 2.05) is 18.2 Å². The van der Waals surface area contributed by atoms with Crippen LogP contribution in [0.15, 0.2) is 62.2 Å². The van der Waals surface area contributed by atoms with Gasteiger partial charge >= 0.3 is 5.97 Å². The normalized spacial score (nSPS) is 10.4. The van der Waals surface area contributed by atoms with Gasteiger partial charge in [0.25, 0.3) is 0 Å². The molecule has 0 saturated carbocycles. The van der Waals surface area contributed by atoms with Gasteiger partial charge in [-0.2, -0.15) is 0 Å². The van der Waals surface area contributed by atoms with Gasteiger partial charge in [0.15, 0.2) is 0 Å². The lowest BCUT2D eigenvalue weighted by Crippen LogP contribution is -2.02. The Hall–Kier alpha value is -2.61. The maximum atomic E-state index is 11.6. The highest BCUT2D eigenvalue weighted by atomic mass is 16.4. The van der Waals surface area contributed by atoms with Crippen LogP contribution in [0.3, 0.4) is 0 Å². The Morgan fingerprint density at radius 3 is 1.95 bits per heavy atom. The van der Waals surface area contributed by atoms with Crippen molar-refractivity contribution in [2.45, 2.75) is 19.3 Å². The Morgan fingerprint density at radius 1 is 0.864 bits per heavy atom. The molecule has 0 heterocycles. The third-order valence-corrected chi connectivity index (χ3v) is 3.63. The molecule has 2 aromatic carbocycles. The van der Waals surface area contributed by atoms with Crippen LogP contribution in [0.5, 0.6) is 0 Å². The van der Waals surface area contributed by atoms with Gasteiger partial charge in [-0.15, -0.1) is 19.7 Å². The molecule has 1 N–H and O–H groups in total. The van der Waals surface area contributed by atoms with Crippen LogP contribution in [-0.4, -0.2) is 11.1 Å². The number of hydrogen-bond donors (Lipinski definition) is 1. The van der Waals surface area contributed by atoms with Crippen molar-refractivity contribution in [3.05, 3.63) is 84.5 Å². The molecule has 0 radical (unpaired) electrons. The number of carboxylic acid groups (broad SMARTS) is 1. The summed E-state index contributed by atoms with van der Waals surface area (Å²) in [6, 6.07) is 7.85. The molecule has 2 nitrogen and oxygen atoms in total. The first-order valence-electron chi connectivity index (χ1n) is 7.25. The lowest BCUT2D eigenvalue weighted by molar-refractivity contribution is 0.0699. The molecule has 22 heavy (non-hydrogen) atoms. The molecular weight excluding hydrogens is 272 g/mol. The monoisotopic (exact) mass is 292 g/mol. The minimum Gasteiger partial charge on any atom is -0.478 e. The van der Waals surface area contributed by atoms with Gasteiger partial charge in [0, 0.05) is 0 Å². The number of carbonyl (C=O) groups is 1. The van der Waals surface area contributed by atoms with E-state index in [-0.39, 0.29) is 0 Å². The molecule has 0 unspecified atom stereocenters. The predicted molar refractivity (Wildman–Crippen MR) is 92.6 cm³/mol. The van der Waals surface area contributed by atoms with Crippen molar-refractivity contribution in [2.24, 2.45) is 0 Å². The zero-order chi connectivity index (χ0) is 16.1. The van der Waals surface area contributed by atoms with Gasteiger partial charge in [0.05, 0.1) is 5.56 Å². The summed E-state index contributed by atoms with van der Waals surface area (Å²) in [6.07, 6.45) is 7.52. The fourth-order valence-corrected chi connectivity index (χ4v) is 2.73. The van der Waals surface area contributed by atoms with Gasteiger partial charge in [0.2, 0.25) is 0 Å². The van der Waals surface area contributed by atoms with E-state index >= 15 is 0 Å². The van der Waals surface area contributed by atoms with Crippen LogP contribution < -0.4 is 0 Å². The Morgan fingerprint density at radius 2 is 1.41 bits per heavy atom. The highest BCUT2D eigenvalue weighted by Crippen LogP contribution is 2.28. The van der Waals surface area contributed by atoms with Gasteiger partial charge in [-0.05, 0) is 58.9 Å². The molecule has 0 aliphatic rings. The summed E-state index contributed by atoms with van der Waals surface area (Å²) in [5.41, 5.74) is 3.46. The Balaban J connectivity index is 2.82. The zero-order valence-corrected chi connectivity index (χ0v) is 12.6. The van der Waals surface area contributed by atoms with Crippen LogP contribution >= 0.6 is 0 Å². The van der Waals surface area contributed by atoms with E-state index in [1.165, 1.54) is 0 Å². The first kappa shape index (κ1) is 15.8. The largest absolute Gasteiger partial charge is 0.478 e. The molecule has 0 aliphatic heterocycles. The van der Waals surface area contributed by atoms with E-state index in [9.17, 15) is 9.90 Å². The number of hydrogen-bond acceptors (Lipinski definition) is 1. The molecule has 2 aromatic rings. The lowest BCUT2D eigenvalue weighted by Gasteiger charge is -2.12. The summed E-state index contributed by atoms with van der Waals surface area (Å²) in [7, 11) is 0. The maximum absolute atomic E-state index is 11.6. The minimum absolute atomic E-state index is 0.338. The molecule has 0 saturated heterocycles. The number of allylic oxidation sites excluding steroid dienone is 3. The quantitative estimate of drug-likeness (QED) is 0.749. The van der Waals surface area contributed by atoms with Crippen LogP contribution in [0, 0.1) is 0 Å². The molecule has 2 rings (SSSR count). The van der Waals surface area contributed by atoms with Crippen LogP contribution in [-0.2, 0) is 19.3 Å². The van der Waals surface area contributed by atoms with Gasteiger partial charge in [-0.3, -0.25) is 0 Å². The smallest absolute Gasteiger partial charge is 0.336 e. The Bertz CT molecular complexity index is 754. The molecule has 0 aliphatic carbocycles. The van der Waals surface area contributed by atoms with E-state index in [0.29, 0.717) is 24.8 Å². The van der Waals surface area contributed by atoms with E-state index in [1.54, 1.807) is 12.1 Å². The standard InChI is InChI=1S/C20H20O2/c1-4-7-14-10-16(9-6-3)17-11-15(8-5-2)13-19(20(21)22)18(17)12-14/h4-6,10-13H,1-3,7-9H2,(H,21,22). The van der Waals surface area contributed by atoms with Crippen molar-refractivity contribution in [3.8, 4) is 0 Å². The molecule has 0 atom stereocenters. The van der Waals surface area contributed by atoms with Gasteiger partial charge in [-0.25, -0.2) is 4.79 Å². The van der Waals surface area contributed by atoms with Crippen molar-refractivity contribution in [1.82, 2.24) is 0 Å². The summed E-state index contributed by atoms with van der Waals surface area (Å²) in [4.78, 5) is 11.6. The topological polar surface area (TPSA) is 37.3 Å². The van der Waals surface area contributed by atoms with Gasteiger partial charge < -0.3 is 5.11 Å². The average molecular weight is 292 g/mol.